The largest absolute Gasteiger partial charge is 0.416 e. The van der Waals surface area contributed by atoms with Crippen LogP contribution in [0.4, 0.5) is 13.2 Å². The van der Waals surface area contributed by atoms with Crippen LogP contribution in [0.3, 0.4) is 0 Å². The van der Waals surface area contributed by atoms with E-state index in [1.54, 1.807) is 19.6 Å². The first-order chi connectivity index (χ1) is 23.8. The van der Waals surface area contributed by atoms with Crippen LogP contribution < -0.4 is 5.32 Å². The first-order valence-corrected chi connectivity index (χ1v) is 29.8. The van der Waals surface area contributed by atoms with Gasteiger partial charge in [-0.2, -0.15) is 13.2 Å². The van der Waals surface area contributed by atoms with Gasteiger partial charge in [-0.25, -0.2) is 0 Å². The fourth-order valence-corrected chi connectivity index (χ4v) is 13.2. The summed E-state index contributed by atoms with van der Waals surface area (Å²) < 4.78 is 62.0. The zero-order valence-corrected chi connectivity index (χ0v) is 39.6. The minimum atomic E-state index is -4.63. The van der Waals surface area contributed by atoms with Crippen LogP contribution in [0.15, 0.2) is 23.3 Å². The van der Waals surface area contributed by atoms with Crippen molar-refractivity contribution in [3.05, 3.63) is 23.3 Å². The molecule has 11 heteroatoms. The molecule has 0 heterocycles. The second-order valence-electron chi connectivity index (χ2n) is 21.6. The minimum Gasteiger partial charge on any atom is -0.414 e. The highest BCUT2D eigenvalue weighted by Gasteiger charge is 2.55. The molecule has 308 valence electrons. The number of hydrogen-bond donors (Lipinski definition) is 1. The predicted octanol–water partition coefficient (Wildman–Crippen LogP) is 12.7. The van der Waals surface area contributed by atoms with E-state index in [9.17, 15) is 18.0 Å². The minimum absolute atomic E-state index is 0.0843. The Balaban J connectivity index is 1.80. The van der Waals surface area contributed by atoms with Crippen LogP contribution >= 0.6 is 0 Å². The number of nitrogens with one attached hydrogen (secondary N) is 1. The Hall–Kier alpha value is -0.729. The molecule has 0 radical (unpaired) electrons. The van der Waals surface area contributed by atoms with Crippen LogP contribution in [0.2, 0.25) is 55.9 Å². The fraction of sp³-hybridized carbons (Fsp3) is 0.881. The van der Waals surface area contributed by atoms with E-state index in [-0.39, 0.29) is 33.6 Å². The van der Waals surface area contributed by atoms with Crippen molar-refractivity contribution in [3.63, 3.8) is 0 Å². The summed E-state index contributed by atoms with van der Waals surface area (Å²) in [6.07, 6.45) is 9.40. The molecule has 3 aliphatic rings. The molecule has 7 atom stereocenters. The Labute approximate surface area is 325 Å². The van der Waals surface area contributed by atoms with E-state index in [0.717, 1.165) is 64.7 Å². The van der Waals surface area contributed by atoms with Gasteiger partial charge >= 0.3 is 6.18 Å². The molecule has 3 saturated carbocycles. The molecule has 3 rings (SSSR count). The van der Waals surface area contributed by atoms with Crippen LogP contribution in [0, 0.1) is 23.2 Å². The third kappa shape index (κ3) is 11.9. The number of amides is 1. The third-order valence-electron chi connectivity index (χ3n) is 13.8. The number of carbonyl (C=O) groups excluding carboxylic acids is 1. The van der Waals surface area contributed by atoms with E-state index in [1.165, 1.54) is 11.1 Å². The van der Waals surface area contributed by atoms with Gasteiger partial charge in [0.2, 0.25) is 5.91 Å². The van der Waals surface area contributed by atoms with Crippen LogP contribution in [0.25, 0.3) is 0 Å². The zero-order valence-electron chi connectivity index (χ0n) is 36.6. The van der Waals surface area contributed by atoms with Gasteiger partial charge in [0.15, 0.2) is 30.6 Å². The molecule has 0 aromatic rings. The maximum Gasteiger partial charge on any atom is 0.416 e. The SMILES string of the molecule is CC(CNC(=O)CC(C)(O[Si](C)(C)C)C(F)(F)F)[C@H]1CCC[C@H]2C(=CC=C3C[C@@H](O[Si](C)(C)C(C)(C)C)C[C@H](O[Si](C)(C)C(C)(C)C)C3)CCC[C@]12C. The average molecular weight is 802 g/mol. The lowest BCUT2D eigenvalue weighted by Crippen LogP contribution is -2.53. The summed E-state index contributed by atoms with van der Waals surface area (Å²) in [4.78, 5) is 13.0. The van der Waals surface area contributed by atoms with Gasteiger partial charge < -0.3 is 18.6 Å². The van der Waals surface area contributed by atoms with Crippen molar-refractivity contribution in [2.75, 3.05) is 6.54 Å². The molecule has 1 N–H and O–H groups in total. The maximum absolute atomic E-state index is 14.1. The summed E-state index contributed by atoms with van der Waals surface area (Å²) in [5, 5.41) is 3.18. The zero-order chi connectivity index (χ0) is 40.6. The molecule has 0 aromatic carbocycles. The summed E-state index contributed by atoms with van der Waals surface area (Å²) in [6.45, 7) is 34.5. The summed E-state index contributed by atoms with van der Waals surface area (Å²) in [7, 11) is -6.49. The molecule has 3 fully saturated rings. The molecule has 0 aliphatic heterocycles. The van der Waals surface area contributed by atoms with Crippen molar-refractivity contribution in [2.45, 2.75) is 206 Å². The molecule has 0 aromatic heterocycles. The molecule has 0 bridgehead atoms. The highest BCUT2D eigenvalue weighted by Crippen LogP contribution is 2.57. The maximum atomic E-state index is 14.1. The lowest BCUT2D eigenvalue weighted by Gasteiger charge is -2.53. The van der Waals surface area contributed by atoms with Gasteiger partial charge in [-0.3, -0.25) is 4.79 Å². The average Bonchev–Trinajstić information content (AvgIpc) is 2.95. The topological polar surface area (TPSA) is 56.8 Å². The van der Waals surface area contributed by atoms with Crippen molar-refractivity contribution in [1.29, 1.82) is 0 Å². The van der Waals surface area contributed by atoms with Crippen molar-refractivity contribution in [3.8, 4) is 0 Å². The number of fused-ring (bicyclic) bond motifs is 1. The van der Waals surface area contributed by atoms with E-state index >= 15 is 0 Å². The van der Waals surface area contributed by atoms with Gasteiger partial charge in [-0.1, -0.05) is 85.1 Å². The Kier molecular flexibility index (Phi) is 14.6. The van der Waals surface area contributed by atoms with Crippen LogP contribution in [-0.4, -0.2) is 61.4 Å². The first-order valence-electron chi connectivity index (χ1n) is 20.6. The summed E-state index contributed by atoms with van der Waals surface area (Å²) in [6, 6.07) is 0. The smallest absolute Gasteiger partial charge is 0.414 e. The van der Waals surface area contributed by atoms with Gasteiger partial charge in [0.25, 0.3) is 0 Å². The summed E-state index contributed by atoms with van der Waals surface area (Å²) >= 11 is 0. The summed E-state index contributed by atoms with van der Waals surface area (Å²) in [5.74, 6) is 0.400. The number of carbonyl (C=O) groups is 1. The monoisotopic (exact) mass is 802 g/mol. The molecule has 1 amide bonds. The molecule has 2 unspecified atom stereocenters. The van der Waals surface area contributed by atoms with Crippen molar-refractivity contribution >= 4 is 30.9 Å². The Morgan fingerprint density at radius 3 is 1.87 bits per heavy atom. The van der Waals surface area contributed by atoms with E-state index in [0.29, 0.717) is 18.4 Å². The van der Waals surface area contributed by atoms with Crippen molar-refractivity contribution in [1.82, 2.24) is 5.32 Å². The van der Waals surface area contributed by atoms with E-state index < -0.39 is 49.1 Å². The number of rotatable bonds is 12. The van der Waals surface area contributed by atoms with Gasteiger partial charge in [0.1, 0.15) is 0 Å². The number of halogens is 3. The number of alkyl halides is 3. The van der Waals surface area contributed by atoms with Gasteiger partial charge in [-0.15, -0.1) is 0 Å². The normalized spacial score (nSPS) is 29.3. The summed E-state index contributed by atoms with van der Waals surface area (Å²) in [5.41, 5.74) is 0.555. The first kappa shape index (κ1) is 46.7. The predicted molar refractivity (Wildman–Crippen MR) is 223 cm³/mol. The fourth-order valence-electron chi connectivity index (χ4n) is 8.92. The molecule has 0 spiro atoms. The Morgan fingerprint density at radius 1 is 0.868 bits per heavy atom. The molecule has 5 nitrogen and oxygen atoms in total. The second-order valence-corrected chi connectivity index (χ2v) is 35.5. The Bertz CT molecular complexity index is 1290. The van der Waals surface area contributed by atoms with Crippen LogP contribution in [0.5, 0.6) is 0 Å². The molecular weight excluding hydrogens is 724 g/mol. The van der Waals surface area contributed by atoms with Crippen molar-refractivity contribution < 1.29 is 31.2 Å². The van der Waals surface area contributed by atoms with Crippen molar-refractivity contribution in [2.24, 2.45) is 23.2 Å². The molecule has 0 saturated heterocycles. The lowest BCUT2D eigenvalue weighted by atomic mass is 9.52. The van der Waals surface area contributed by atoms with E-state index in [2.05, 4.69) is 99.0 Å². The highest BCUT2D eigenvalue weighted by molar-refractivity contribution is 6.74. The van der Waals surface area contributed by atoms with Gasteiger partial charge in [-0.05, 0) is 137 Å². The highest BCUT2D eigenvalue weighted by atomic mass is 28.4. The third-order valence-corrected chi connectivity index (χ3v) is 23.9. The van der Waals surface area contributed by atoms with Gasteiger partial charge in [0.05, 0.1) is 18.6 Å². The second kappa shape index (κ2) is 16.6. The van der Waals surface area contributed by atoms with E-state index in [4.69, 9.17) is 13.3 Å². The van der Waals surface area contributed by atoms with E-state index in [1.807, 2.05) is 0 Å². The standard InChI is InChI=1S/C42H78F3NO4Si3/c1-30(29-46-37(47)28-41(9,42(43,44)45)50-51(10,11)12)35-20-17-21-36-32(19-18-24-40(35,36)8)23-22-31-25-33(48-52(13,14)38(2,3)4)27-34(26-31)49-53(15,16)39(5,6)7/h22-23,30,33-36H,17-21,24-29H2,1-16H3,(H,46,47)/t30?,33-,34-,35-,36+,40-,41?/m1/s1. The molecule has 53 heavy (non-hydrogen) atoms. The lowest BCUT2D eigenvalue weighted by molar-refractivity contribution is -0.246. The molecular formula is C42H78F3NO4Si3. The van der Waals surface area contributed by atoms with Gasteiger partial charge in [0, 0.05) is 6.54 Å². The Morgan fingerprint density at radius 2 is 1.40 bits per heavy atom. The number of hydrogen-bond acceptors (Lipinski definition) is 4. The molecule has 3 aliphatic carbocycles. The quantitative estimate of drug-likeness (QED) is 0.200. The van der Waals surface area contributed by atoms with Crippen LogP contribution in [-0.2, 0) is 18.1 Å². The van der Waals surface area contributed by atoms with Crippen LogP contribution in [0.1, 0.15) is 127 Å². The number of allylic oxidation sites excluding steroid dienone is 3.